The first kappa shape index (κ1) is 27.3. The molecule has 0 N–H and O–H groups in total. The molecule has 2 unspecified atom stereocenters. The van der Waals surface area contributed by atoms with Crippen LogP contribution in [0.5, 0.6) is 0 Å². The van der Waals surface area contributed by atoms with Crippen molar-refractivity contribution < 1.29 is 51.0 Å². The minimum absolute atomic E-state index is 0. The summed E-state index contributed by atoms with van der Waals surface area (Å²) >= 11 is 0. The first-order chi connectivity index (χ1) is 8.69. The largest absolute Gasteiger partial charge is 4.00 e. The Balaban J connectivity index is -0.000000270. The van der Waals surface area contributed by atoms with E-state index in [0.717, 1.165) is 11.8 Å². The van der Waals surface area contributed by atoms with E-state index in [0.29, 0.717) is 0 Å². The van der Waals surface area contributed by atoms with Crippen molar-refractivity contribution >= 4 is 0 Å². The van der Waals surface area contributed by atoms with Crippen LogP contribution >= 0.6 is 0 Å². The summed E-state index contributed by atoms with van der Waals surface area (Å²) in [5, 5.41) is 0. The second kappa shape index (κ2) is 16.3. The van der Waals surface area contributed by atoms with Gasteiger partial charge in [0.25, 0.3) is 0 Å². The molecule has 2 saturated carbocycles. The smallest absolute Gasteiger partial charge is 1.00 e. The maximum Gasteiger partial charge on any atom is 4.00 e. The molecule has 0 saturated heterocycles. The molecule has 2 rings (SSSR count). The molecule has 0 spiro atoms. The van der Waals surface area contributed by atoms with E-state index in [1.54, 1.807) is 0 Å². The molecule has 0 radical (unpaired) electrons. The first-order valence-electron chi connectivity index (χ1n) is 8.38. The molecule has 124 valence electrons. The summed E-state index contributed by atoms with van der Waals surface area (Å²) in [6.45, 7) is 9.30. The molecule has 0 aromatic rings. The molecule has 0 nitrogen and oxygen atoms in total. The Morgan fingerprint density at radius 2 is 1.10 bits per heavy atom. The van der Waals surface area contributed by atoms with Crippen LogP contribution in [0.1, 0.15) is 91.9 Å². The molecule has 0 aromatic carbocycles. The molecule has 0 bridgehead atoms. The van der Waals surface area contributed by atoms with Crippen molar-refractivity contribution in [3.05, 3.63) is 11.8 Å². The fourth-order valence-corrected chi connectivity index (χ4v) is 3.56. The molecule has 3 heteroatoms. The van der Waals surface area contributed by atoms with Crippen LogP contribution in [0, 0.1) is 23.7 Å². The van der Waals surface area contributed by atoms with Crippen LogP contribution in [0.15, 0.2) is 0 Å². The van der Waals surface area contributed by atoms with Gasteiger partial charge in [-0.1, -0.05) is 66.2 Å². The summed E-state index contributed by atoms with van der Waals surface area (Å²) in [7, 11) is 0. The average molecular weight is 413 g/mol. The van der Waals surface area contributed by atoms with Crippen molar-refractivity contribution in [2.45, 2.75) is 91.9 Å². The molecular formula is C18H34Cl2Zr. The Morgan fingerprint density at radius 3 is 1.29 bits per heavy atom. The Hall–Kier alpha value is 1.46. The zero-order chi connectivity index (χ0) is 13.4. The Labute approximate surface area is 165 Å². The maximum atomic E-state index is 2.37. The molecule has 0 aromatic heterocycles. The summed E-state index contributed by atoms with van der Waals surface area (Å²) in [5.74, 6) is 5.56. The third-order valence-electron chi connectivity index (χ3n) is 4.81. The van der Waals surface area contributed by atoms with Crippen LogP contribution in [-0.2, 0) is 26.2 Å². The molecule has 0 heterocycles. The van der Waals surface area contributed by atoms with Gasteiger partial charge in [-0.3, -0.25) is 0 Å². The predicted octanol–water partition coefficient (Wildman–Crippen LogP) is 0.367. The fourth-order valence-electron chi connectivity index (χ4n) is 3.56. The van der Waals surface area contributed by atoms with Gasteiger partial charge in [0.2, 0.25) is 0 Å². The Morgan fingerprint density at radius 1 is 0.762 bits per heavy atom. The van der Waals surface area contributed by atoms with Gasteiger partial charge >= 0.3 is 26.2 Å². The number of rotatable bonds is 4. The number of hydrogen-bond donors (Lipinski definition) is 0. The zero-order valence-electron chi connectivity index (χ0n) is 14.5. The van der Waals surface area contributed by atoms with Crippen molar-refractivity contribution in [2.75, 3.05) is 0 Å². The number of halogens is 2. The Kier molecular flexibility index (Phi) is 21.2. The van der Waals surface area contributed by atoms with Gasteiger partial charge in [-0.2, -0.15) is 37.5 Å². The van der Waals surface area contributed by atoms with E-state index < -0.39 is 0 Å². The van der Waals surface area contributed by atoms with Gasteiger partial charge in [-0.05, 0) is 0 Å². The summed E-state index contributed by atoms with van der Waals surface area (Å²) in [5.41, 5.74) is 0. The molecule has 0 amide bonds. The van der Waals surface area contributed by atoms with E-state index in [4.69, 9.17) is 0 Å². The van der Waals surface area contributed by atoms with E-state index in [2.05, 4.69) is 27.7 Å². The van der Waals surface area contributed by atoms with Gasteiger partial charge in [0, 0.05) is 0 Å². The second-order valence-electron chi connectivity index (χ2n) is 6.40. The molecule has 2 aliphatic carbocycles. The van der Waals surface area contributed by atoms with Crippen molar-refractivity contribution in [1.29, 1.82) is 0 Å². The molecule has 2 aliphatic rings. The Bertz CT molecular complexity index is 189. The van der Waals surface area contributed by atoms with E-state index in [1.165, 1.54) is 64.2 Å². The van der Waals surface area contributed by atoms with Gasteiger partial charge in [0.1, 0.15) is 0 Å². The normalized spacial score (nSPS) is 25.1. The van der Waals surface area contributed by atoms with Gasteiger partial charge in [-0.15, -0.1) is 0 Å². The molecule has 0 aliphatic heterocycles. The molecular weight excluding hydrogens is 378 g/mol. The van der Waals surface area contributed by atoms with Crippen LogP contribution in [0.25, 0.3) is 0 Å². The quantitative estimate of drug-likeness (QED) is 0.586. The zero-order valence-corrected chi connectivity index (χ0v) is 18.5. The van der Waals surface area contributed by atoms with Crippen molar-refractivity contribution in [2.24, 2.45) is 11.8 Å². The SMILES string of the molecule is CCC[C-]1CCCC1C.CCC[C-]1CCCC1C.[Cl-].[Cl-].[Zr+4]. The predicted molar refractivity (Wildman–Crippen MR) is 82.3 cm³/mol. The van der Waals surface area contributed by atoms with Gasteiger partial charge in [-0.25, -0.2) is 0 Å². The van der Waals surface area contributed by atoms with Gasteiger partial charge in [0.05, 0.1) is 0 Å². The standard InChI is InChI=1S/2C9H17.2ClH.Zr/c2*1-3-5-9-7-4-6-8(9)2;;;/h2*8H,3-7H2,1-2H3;2*1H;/q2*-1;;;+4/p-2. The third kappa shape index (κ3) is 10.8. The summed E-state index contributed by atoms with van der Waals surface area (Å²) in [4.78, 5) is 0. The van der Waals surface area contributed by atoms with Gasteiger partial charge in [0.15, 0.2) is 0 Å². The molecule has 21 heavy (non-hydrogen) atoms. The summed E-state index contributed by atoms with van der Waals surface area (Å²) < 4.78 is 0. The van der Waals surface area contributed by atoms with Crippen molar-refractivity contribution in [3.8, 4) is 0 Å². The van der Waals surface area contributed by atoms with Crippen LogP contribution in [0.3, 0.4) is 0 Å². The minimum atomic E-state index is 0. The van der Waals surface area contributed by atoms with E-state index in [9.17, 15) is 0 Å². The third-order valence-corrected chi connectivity index (χ3v) is 4.81. The van der Waals surface area contributed by atoms with Crippen LogP contribution in [-0.4, -0.2) is 0 Å². The van der Waals surface area contributed by atoms with Crippen LogP contribution in [0.2, 0.25) is 0 Å². The summed E-state index contributed by atoms with van der Waals surface area (Å²) in [6, 6.07) is 0. The topological polar surface area (TPSA) is 0 Å². The second-order valence-corrected chi connectivity index (χ2v) is 6.40. The monoisotopic (exact) mass is 410 g/mol. The van der Waals surface area contributed by atoms with E-state index in [-0.39, 0.29) is 51.0 Å². The van der Waals surface area contributed by atoms with Crippen LogP contribution in [0.4, 0.5) is 0 Å². The number of hydrogen-bond acceptors (Lipinski definition) is 0. The van der Waals surface area contributed by atoms with Crippen LogP contribution < -0.4 is 24.8 Å². The van der Waals surface area contributed by atoms with E-state index in [1.807, 2.05) is 11.8 Å². The average Bonchev–Trinajstić information content (AvgIpc) is 2.92. The molecule has 2 fully saturated rings. The first-order valence-corrected chi connectivity index (χ1v) is 8.38. The fraction of sp³-hybridized carbons (Fsp3) is 0.889. The van der Waals surface area contributed by atoms with Crippen molar-refractivity contribution in [1.82, 2.24) is 0 Å². The summed E-state index contributed by atoms with van der Waals surface area (Å²) in [6.07, 6.45) is 14.1. The van der Waals surface area contributed by atoms with Gasteiger partial charge < -0.3 is 36.6 Å². The molecule has 2 atom stereocenters. The van der Waals surface area contributed by atoms with E-state index >= 15 is 0 Å². The minimum Gasteiger partial charge on any atom is -1.00 e. The van der Waals surface area contributed by atoms with Crippen molar-refractivity contribution in [3.63, 3.8) is 0 Å². The maximum absolute atomic E-state index is 2.37.